The van der Waals surface area contributed by atoms with Gasteiger partial charge in [0.2, 0.25) is 0 Å². The first-order chi connectivity index (χ1) is 11.6. The average Bonchev–Trinajstić information content (AvgIpc) is 2.62. The molecule has 2 aromatic carbocycles. The Balaban J connectivity index is 1.90. The molecule has 0 saturated carbocycles. The molecule has 0 saturated heterocycles. The third kappa shape index (κ3) is 2.45. The Morgan fingerprint density at radius 3 is 2.38 bits per heavy atom. The van der Waals surface area contributed by atoms with Gasteiger partial charge in [0.05, 0.1) is 0 Å². The molecule has 0 unspecified atom stereocenters. The van der Waals surface area contributed by atoms with Crippen LogP contribution in [0, 0.1) is 0 Å². The maximum Gasteiger partial charge on any atom is 0.195 e. The predicted octanol–water partition coefficient (Wildman–Crippen LogP) is 4.54. The summed E-state index contributed by atoms with van der Waals surface area (Å²) in [6.07, 6.45) is 1.85. The van der Waals surface area contributed by atoms with Crippen molar-refractivity contribution < 1.29 is 0 Å². The van der Waals surface area contributed by atoms with Gasteiger partial charge in [-0.15, -0.1) is 11.3 Å². The zero-order chi connectivity index (χ0) is 16.7. The van der Waals surface area contributed by atoms with Gasteiger partial charge in [-0.1, -0.05) is 18.2 Å². The lowest BCUT2D eigenvalue weighted by atomic mass is 10.1. The quantitative estimate of drug-likeness (QED) is 0.505. The largest absolute Gasteiger partial charge is 0.363 e. The van der Waals surface area contributed by atoms with Gasteiger partial charge in [-0.25, -0.2) is 4.98 Å². The molecule has 4 rings (SSSR count). The average molecular weight is 332 g/mol. The Labute approximate surface area is 143 Å². The van der Waals surface area contributed by atoms with E-state index in [9.17, 15) is 4.79 Å². The molecule has 0 N–H and O–H groups in total. The maximum atomic E-state index is 12.8. The van der Waals surface area contributed by atoms with Gasteiger partial charge in [0.15, 0.2) is 5.43 Å². The van der Waals surface area contributed by atoms with E-state index in [0.29, 0.717) is 0 Å². The van der Waals surface area contributed by atoms with Crippen LogP contribution in [0.4, 0.5) is 5.82 Å². The molecule has 4 heteroatoms. The lowest BCUT2D eigenvalue weighted by molar-refractivity contribution is 1.07. The maximum absolute atomic E-state index is 12.8. The first-order valence-corrected chi connectivity index (χ1v) is 8.54. The second-order valence-electron chi connectivity index (χ2n) is 5.94. The molecular weight excluding hydrogens is 316 g/mol. The SMILES string of the molecule is CN(C)c1ccc(-c2ccc3sc4ccccc4c(=O)c3c2)cn1. The van der Waals surface area contributed by atoms with Crippen LogP contribution in [-0.4, -0.2) is 19.1 Å². The zero-order valence-corrected chi connectivity index (χ0v) is 14.3. The molecule has 0 amide bonds. The molecule has 24 heavy (non-hydrogen) atoms. The summed E-state index contributed by atoms with van der Waals surface area (Å²) < 4.78 is 2.04. The van der Waals surface area contributed by atoms with E-state index in [4.69, 9.17) is 0 Å². The molecule has 2 aromatic heterocycles. The van der Waals surface area contributed by atoms with E-state index in [2.05, 4.69) is 11.1 Å². The van der Waals surface area contributed by atoms with Crippen LogP contribution < -0.4 is 10.3 Å². The molecule has 0 bridgehead atoms. The van der Waals surface area contributed by atoms with Crippen LogP contribution in [0.25, 0.3) is 31.3 Å². The normalized spacial score (nSPS) is 11.1. The van der Waals surface area contributed by atoms with E-state index in [0.717, 1.165) is 37.1 Å². The van der Waals surface area contributed by atoms with Crippen LogP contribution in [-0.2, 0) is 0 Å². The third-order valence-corrected chi connectivity index (χ3v) is 5.27. The zero-order valence-electron chi connectivity index (χ0n) is 13.5. The summed E-state index contributed by atoms with van der Waals surface area (Å²) in [7, 11) is 3.93. The van der Waals surface area contributed by atoms with Crippen molar-refractivity contribution >= 4 is 37.3 Å². The minimum Gasteiger partial charge on any atom is -0.363 e. The molecule has 0 spiro atoms. The molecular formula is C20H16N2OS. The van der Waals surface area contributed by atoms with E-state index in [1.165, 1.54) is 0 Å². The smallest absolute Gasteiger partial charge is 0.195 e. The van der Waals surface area contributed by atoms with Gasteiger partial charge >= 0.3 is 0 Å². The summed E-state index contributed by atoms with van der Waals surface area (Å²) in [6, 6.07) is 17.9. The van der Waals surface area contributed by atoms with E-state index in [1.54, 1.807) is 11.3 Å². The van der Waals surface area contributed by atoms with Gasteiger partial charge in [0.25, 0.3) is 0 Å². The van der Waals surface area contributed by atoms with Crippen LogP contribution in [0.3, 0.4) is 0 Å². The number of hydrogen-bond donors (Lipinski definition) is 0. The molecule has 0 aliphatic heterocycles. The number of benzene rings is 2. The molecule has 0 aliphatic rings. The Kier molecular flexibility index (Phi) is 3.54. The van der Waals surface area contributed by atoms with Gasteiger partial charge in [-0.2, -0.15) is 0 Å². The van der Waals surface area contributed by atoms with Crippen molar-refractivity contribution in [2.75, 3.05) is 19.0 Å². The molecule has 0 atom stereocenters. The van der Waals surface area contributed by atoms with Crippen LogP contribution in [0.15, 0.2) is 65.6 Å². The van der Waals surface area contributed by atoms with Crippen molar-refractivity contribution in [2.45, 2.75) is 0 Å². The Morgan fingerprint density at radius 1 is 0.875 bits per heavy atom. The van der Waals surface area contributed by atoms with Crippen LogP contribution >= 0.6 is 11.3 Å². The number of pyridine rings is 1. The number of rotatable bonds is 2. The summed E-state index contributed by atoms with van der Waals surface area (Å²) in [5.74, 6) is 0.914. The Morgan fingerprint density at radius 2 is 1.62 bits per heavy atom. The van der Waals surface area contributed by atoms with Crippen molar-refractivity contribution in [3.63, 3.8) is 0 Å². The summed E-state index contributed by atoms with van der Waals surface area (Å²) in [4.78, 5) is 19.2. The minimum absolute atomic E-state index is 0.0964. The standard InChI is InChI=1S/C20H16N2OS/c1-22(2)19-10-8-14(12-21-19)13-7-9-18-16(11-13)20(23)15-5-3-4-6-17(15)24-18/h3-12H,1-2H3. The van der Waals surface area contributed by atoms with Crippen molar-refractivity contribution in [2.24, 2.45) is 0 Å². The summed E-state index contributed by atoms with van der Waals surface area (Å²) in [6.45, 7) is 0. The van der Waals surface area contributed by atoms with Gasteiger partial charge in [-0.05, 0) is 42.0 Å². The van der Waals surface area contributed by atoms with E-state index < -0.39 is 0 Å². The fourth-order valence-corrected chi connectivity index (χ4v) is 3.86. The van der Waals surface area contributed by atoms with E-state index in [-0.39, 0.29) is 5.43 Å². The van der Waals surface area contributed by atoms with Crippen molar-refractivity contribution in [3.8, 4) is 11.1 Å². The third-order valence-electron chi connectivity index (χ3n) is 4.12. The fraction of sp³-hybridized carbons (Fsp3) is 0.100. The number of nitrogens with zero attached hydrogens (tertiary/aromatic N) is 2. The Hall–Kier alpha value is -2.72. The van der Waals surface area contributed by atoms with E-state index >= 15 is 0 Å². The fourth-order valence-electron chi connectivity index (χ4n) is 2.80. The van der Waals surface area contributed by atoms with Crippen molar-refractivity contribution in [1.82, 2.24) is 4.98 Å². The second-order valence-corrected chi connectivity index (χ2v) is 7.02. The molecule has 0 radical (unpaired) electrons. The molecule has 3 nitrogen and oxygen atoms in total. The van der Waals surface area contributed by atoms with Crippen LogP contribution in [0.5, 0.6) is 0 Å². The lowest BCUT2D eigenvalue weighted by Crippen LogP contribution is -2.10. The van der Waals surface area contributed by atoms with Gasteiger partial charge in [-0.3, -0.25) is 4.79 Å². The van der Waals surface area contributed by atoms with Crippen LogP contribution in [0.1, 0.15) is 0 Å². The predicted molar refractivity (Wildman–Crippen MR) is 103 cm³/mol. The number of fused-ring (bicyclic) bond motifs is 2. The summed E-state index contributed by atoms with van der Waals surface area (Å²) in [5.41, 5.74) is 2.12. The molecule has 0 aliphatic carbocycles. The Bertz CT molecular complexity index is 1100. The molecule has 0 fully saturated rings. The van der Waals surface area contributed by atoms with Gasteiger partial charge < -0.3 is 4.90 Å². The van der Waals surface area contributed by atoms with Crippen LogP contribution in [0.2, 0.25) is 0 Å². The summed E-state index contributed by atoms with van der Waals surface area (Å²) >= 11 is 1.65. The highest BCUT2D eigenvalue weighted by Gasteiger charge is 2.08. The highest BCUT2D eigenvalue weighted by atomic mass is 32.1. The first kappa shape index (κ1) is 14.8. The van der Waals surface area contributed by atoms with Crippen molar-refractivity contribution in [3.05, 3.63) is 71.0 Å². The number of aromatic nitrogens is 1. The highest BCUT2D eigenvalue weighted by molar-refractivity contribution is 7.24. The molecule has 118 valence electrons. The van der Waals surface area contributed by atoms with E-state index in [1.807, 2.05) is 73.7 Å². The first-order valence-electron chi connectivity index (χ1n) is 7.73. The molecule has 4 aromatic rings. The summed E-state index contributed by atoms with van der Waals surface area (Å²) in [5, 5.41) is 1.56. The topological polar surface area (TPSA) is 33.2 Å². The number of anilines is 1. The monoisotopic (exact) mass is 332 g/mol. The molecule has 2 heterocycles. The minimum atomic E-state index is 0.0964. The highest BCUT2D eigenvalue weighted by Crippen LogP contribution is 2.28. The van der Waals surface area contributed by atoms with Gasteiger partial charge in [0.1, 0.15) is 5.82 Å². The number of hydrogen-bond acceptors (Lipinski definition) is 4. The van der Waals surface area contributed by atoms with Crippen molar-refractivity contribution in [1.29, 1.82) is 0 Å². The second kappa shape index (κ2) is 5.73. The lowest BCUT2D eigenvalue weighted by Gasteiger charge is -2.11. The van der Waals surface area contributed by atoms with Gasteiger partial charge in [0, 0.05) is 46.0 Å².